The molecular weight excluding hydrogens is 196 g/mol. The number of hydrogen-bond acceptors (Lipinski definition) is 3. The Morgan fingerprint density at radius 1 is 1.60 bits per heavy atom. The van der Waals surface area contributed by atoms with Gasteiger partial charge in [0.2, 0.25) is 0 Å². The first-order chi connectivity index (χ1) is 4.84. The Hall–Kier alpha value is -0.770. The van der Waals surface area contributed by atoms with E-state index < -0.39 is 0 Å². The van der Waals surface area contributed by atoms with E-state index in [2.05, 4.69) is 26.1 Å². The van der Waals surface area contributed by atoms with Gasteiger partial charge in [0.25, 0.3) is 0 Å². The molecule has 0 aliphatic rings. The third-order valence-corrected chi connectivity index (χ3v) is 1.54. The lowest BCUT2D eigenvalue weighted by atomic mass is 10.2. The van der Waals surface area contributed by atoms with Gasteiger partial charge in [0.15, 0.2) is 5.78 Å². The van der Waals surface area contributed by atoms with E-state index in [1.165, 1.54) is 12.4 Å². The van der Waals surface area contributed by atoms with Crippen molar-refractivity contribution in [3.8, 4) is 0 Å². The van der Waals surface area contributed by atoms with Gasteiger partial charge in [-0.05, 0) is 6.07 Å². The first-order valence-corrected chi connectivity index (χ1v) is 3.82. The van der Waals surface area contributed by atoms with Crippen molar-refractivity contribution in [2.75, 3.05) is 5.33 Å². The summed E-state index contributed by atoms with van der Waals surface area (Å²) in [5, 5.41) is 7.44. The summed E-state index contributed by atoms with van der Waals surface area (Å²) in [7, 11) is 0. The maximum absolute atomic E-state index is 10.9. The second kappa shape index (κ2) is 3.41. The third kappa shape index (κ3) is 1.60. The van der Waals surface area contributed by atoms with E-state index in [1.54, 1.807) is 6.07 Å². The zero-order chi connectivity index (χ0) is 7.40. The van der Waals surface area contributed by atoms with Crippen LogP contribution in [0.1, 0.15) is 10.4 Å². The Balaban J connectivity index is 2.85. The van der Waals surface area contributed by atoms with Crippen molar-refractivity contribution in [1.82, 2.24) is 10.2 Å². The van der Waals surface area contributed by atoms with Gasteiger partial charge in [0, 0.05) is 5.56 Å². The molecule has 0 aromatic carbocycles. The lowest BCUT2D eigenvalue weighted by Crippen LogP contribution is -2.00. The van der Waals surface area contributed by atoms with E-state index >= 15 is 0 Å². The molecule has 10 heavy (non-hydrogen) atoms. The van der Waals surface area contributed by atoms with Crippen molar-refractivity contribution >= 4 is 21.7 Å². The minimum absolute atomic E-state index is 0.0231. The number of rotatable bonds is 2. The standard InChI is InChI=1S/C6H5BrN2O/c7-3-6(10)5-1-2-8-9-4-5/h1-2,4H,3H2. The van der Waals surface area contributed by atoms with E-state index in [0.29, 0.717) is 10.9 Å². The molecule has 4 heteroatoms. The average molecular weight is 201 g/mol. The number of halogens is 1. The van der Waals surface area contributed by atoms with E-state index in [0.717, 1.165) is 0 Å². The summed E-state index contributed by atoms with van der Waals surface area (Å²) in [6, 6.07) is 1.64. The minimum Gasteiger partial charge on any atom is -0.293 e. The molecule has 1 aromatic rings. The van der Waals surface area contributed by atoms with Crippen LogP contribution in [0.3, 0.4) is 0 Å². The van der Waals surface area contributed by atoms with Gasteiger partial charge in [-0.1, -0.05) is 15.9 Å². The lowest BCUT2D eigenvalue weighted by molar-refractivity contribution is 0.102. The smallest absolute Gasteiger partial charge is 0.175 e. The minimum atomic E-state index is 0.0231. The molecule has 0 saturated heterocycles. The molecule has 0 bridgehead atoms. The van der Waals surface area contributed by atoms with E-state index in [4.69, 9.17) is 0 Å². The maximum Gasteiger partial charge on any atom is 0.175 e. The van der Waals surface area contributed by atoms with Crippen LogP contribution in [0.15, 0.2) is 18.5 Å². The highest BCUT2D eigenvalue weighted by atomic mass is 79.9. The van der Waals surface area contributed by atoms with Crippen LogP contribution in [-0.4, -0.2) is 21.3 Å². The number of Topliss-reactive ketones (excluding diaryl/α,β-unsaturated/α-hetero) is 1. The molecule has 0 fully saturated rings. The summed E-state index contributed by atoms with van der Waals surface area (Å²) in [6.45, 7) is 0. The SMILES string of the molecule is O=C(CBr)c1ccnnc1. The maximum atomic E-state index is 10.9. The van der Waals surface area contributed by atoms with Crippen molar-refractivity contribution in [2.24, 2.45) is 0 Å². The summed E-state index contributed by atoms with van der Waals surface area (Å²) >= 11 is 3.05. The summed E-state index contributed by atoms with van der Waals surface area (Å²) in [6.07, 6.45) is 2.94. The fourth-order valence-electron chi connectivity index (χ4n) is 0.533. The highest BCUT2D eigenvalue weighted by Crippen LogP contribution is 1.97. The van der Waals surface area contributed by atoms with Crippen molar-refractivity contribution in [3.05, 3.63) is 24.0 Å². The molecule has 0 N–H and O–H groups in total. The van der Waals surface area contributed by atoms with Crippen LogP contribution in [-0.2, 0) is 0 Å². The molecule has 1 heterocycles. The Morgan fingerprint density at radius 2 is 2.40 bits per heavy atom. The highest BCUT2D eigenvalue weighted by Gasteiger charge is 2.01. The molecule has 0 saturated carbocycles. The quantitative estimate of drug-likeness (QED) is 0.530. The van der Waals surface area contributed by atoms with Gasteiger partial charge in [-0.3, -0.25) is 4.79 Å². The van der Waals surface area contributed by atoms with Crippen LogP contribution in [0.4, 0.5) is 0 Å². The molecule has 0 amide bonds. The monoisotopic (exact) mass is 200 g/mol. The molecule has 0 aliphatic heterocycles. The normalized spacial score (nSPS) is 9.30. The Morgan fingerprint density at radius 3 is 2.90 bits per heavy atom. The van der Waals surface area contributed by atoms with Crippen molar-refractivity contribution in [2.45, 2.75) is 0 Å². The van der Waals surface area contributed by atoms with Gasteiger partial charge >= 0.3 is 0 Å². The second-order valence-electron chi connectivity index (χ2n) is 1.69. The Labute approximate surface area is 66.6 Å². The van der Waals surface area contributed by atoms with Crippen molar-refractivity contribution in [1.29, 1.82) is 0 Å². The van der Waals surface area contributed by atoms with Crippen molar-refractivity contribution < 1.29 is 4.79 Å². The van der Waals surface area contributed by atoms with Crippen LogP contribution in [0.2, 0.25) is 0 Å². The fraction of sp³-hybridized carbons (Fsp3) is 0.167. The number of aromatic nitrogens is 2. The first-order valence-electron chi connectivity index (χ1n) is 2.70. The molecule has 3 nitrogen and oxygen atoms in total. The van der Waals surface area contributed by atoms with Gasteiger partial charge in [0.1, 0.15) is 0 Å². The molecule has 0 atom stereocenters. The largest absolute Gasteiger partial charge is 0.293 e. The van der Waals surface area contributed by atoms with Crippen LogP contribution in [0, 0.1) is 0 Å². The van der Waals surface area contributed by atoms with E-state index in [1.807, 2.05) is 0 Å². The van der Waals surface area contributed by atoms with Crippen LogP contribution in [0.5, 0.6) is 0 Å². The van der Waals surface area contributed by atoms with Gasteiger partial charge < -0.3 is 0 Å². The highest BCUT2D eigenvalue weighted by molar-refractivity contribution is 9.09. The second-order valence-corrected chi connectivity index (χ2v) is 2.25. The molecular formula is C6H5BrN2O. The third-order valence-electron chi connectivity index (χ3n) is 1.03. The lowest BCUT2D eigenvalue weighted by Gasteiger charge is -1.91. The zero-order valence-electron chi connectivity index (χ0n) is 5.12. The molecule has 52 valence electrons. The molecule has 0 spiro atoms. The number of carbonyl (C=O) groups excluding carboxylic acids is 1. The predicted molar refractivity (Wildman–Crippen MR) is 40.2 cm³/mol. The number of alkyl halides is 1. The topological polar surface area (TPSA) is 42.9 Å². The Bertz CT molecular complexity index is 224. The van der Waals surface area contributed by atoms with E-state index in [9.17, 15) is 4.79 Å². The molecule has 1 rings (SSSR count). The number of carbonyl (C=O) groups is 1. The van der Waals surface area contributed by atoms with Gasteiger partial charge in [-0.25, -0.2) is 0 Å². The zero-order valence-corrected chi connectivity index (χ0v) is 6.71. The van der Waals surface area contributed by atoms with Gasteiger partial charge in [-0.2, -0.15) is 10.2 Å². The fourth-order valence-corrected chi connectivity index (χ4v) is 0.857. The Kier molecular flexibility index (Phi) is 2.50. The molecule has 0 radical (unpaired) electrons. The molecule has 0 aliphatic carbocycles. The average Bonchev–Trinajstić information content (AvgIpc) is 2.05. The number of nitrogens with zero attached hydrogens (tertiary/aromatic N) is 2. The summed E-state index contributed by atoms with van der Waals surface area (Å²) < 4.78 is 0. The number of ketones is 1. The van der Waals surface area contributed by atoms with E-state index in [-0.39, 0.29) is 5.78 Å². The predicted octanol–water partition coefficient (Wildman–Crippen LogP) is 1.05. The van der Waals surface area contributed by atoms with Gasteiger partial charge in [0.05, 0.1) is 17.7 Å². The first kappa shape index (κ1) is 7.34. The summed E-state index contributed by atoms with van der Waals surface area (Å²) in [5.41, 5.74) is 0.590. The molecule has 1 aromatic heterocycles. The van der Waals surface area contributed by atoms with Crippen LogP contribution < -0.4 is 0 Å². The summed E-state index contributed by atoms with van der Waals surface area (Å²) in [4.78, 5) is 10.9. The summed E-state index contributed by atoms with van der Waals surface area (Å²) in [5.74, 6) is 0.0231. The van der Waals surface area contributed by atoms with Crippen molar-refractivity contribution in [3.63, 3.8) is 0 Å². The van der Waals surface area contributed by atoms with Crippen LogP contribution >= 0.6 is 15.9 Å². The molecule has 0 unspecified atom stereocenters. The van der Waals surface area contributed by atoms with Crippen LogP contribution in [0.25, 0.3) is 0 Å². The van der Waals surface area contributed by atoms with Gasteiger partial charge in [-0.15, -0.1) is 0 Å². The number of hydrogen-bond donors (Lipinski definition) is 0.